The van der Waals surface area contributed by atoms with Crippen LogP contribution in [0.3, 0.4) is 0 Å². The molecule has 0 amide bonds. The summed E-state index contributed by atoms with van der Waals surface area (Å²) >= 11 is 0. The molecule has 1 fully saturated rings. The largest absolute Gasteiger partial charge is 0.361 e. The van der Waals surface area contributed by atoms with Crippen molar-refractivity contribution in [1.29, 1.82) is 5.26 Å². The molecule has 2 heterocycles. The third-order valence-corrected chi connectivity index (χ3v) is 5.49. The average Bonchev–Trinajstić information content (AvgIpc) is 3.16. The van der Waals surface area contributed by atoms with E-state index in [1.807, 2.05) is 6.07 Å². The molecule has 26 heavy (non-hydrogen) atoms. The van der Waals surface area contributed by atoms with E-state index in [4.69, 9.17) is 5.26 Å². The summed E-state index contributed by atoms with van der Waals surface area (Å²) in [6, 6.07) is 7.70. The number of sulfonamides is 1. The maximum Gasteiger partial charge on any atom is 0.262 e. The topological polar surface area (TPSA) is 102 Å². The molecule has 1 aromatic carbocycles. The lowest BCUT2D eigenvalue weighted by Crippen LogP contribution is -2.24. The van der Waals surface area contributed by atoms with Gasteiger partial charge in [-0.05, 0) is 37.1 Å². The fraction of sp³-hybridized carbons (Fsp3) is 0.353. The van der Waals surface area contributed by atoms with Gasteiger partial charge < -0.3 is 9.80 Å². The SMILES string of the molecule is CN(C)c1nc(N2CCCC2)ncc1NS(=O)(=O)c1ccc(C#N)cc1. The lowest BCUT2D eigenvalue weighted by atomic mass is 10.2. The molecule has 0 bridgehead atoms. The van der Waals surface area contributed by atoms with E-state index in [0.29, 0.717) is 23.0 Å². The van der Waals surface area contributed by atoms with Crippen LogP contribution in [0.15, 0.2) is 35.4 Å². The van der Waals surface area contributed by atoms with Crippen LogP contribution in [0, 0.1) is 11.3 Å². The molecule has 8 nitrogen and oxygen atoms in total. The van der Waals surface area contributed by atoms with Crippen molar-refractivity contribution in [3.8, 4) is 6.07 Å². The van der Waals surface area contributed by atoms with Crippen LogP contribution in [0.4, 0.5) is 17.5 Å². The van der Waals surface area contributed by atoms with Crippen LogP contribution < -0.4 is 14.5 Å². The second kappa shape index (κ2) is 7.17. The number of hydrogen-bond donors (Lipinski definition) is 1. The summed E-state index contributed by atoms with van der Waals surface area (Å²) in [5, 5.41) is 8.84. The molecule has 2 aromatic rings. The Morgan fingerprint density at radius 2 is 1.85 bits per heavy atom. The zero-order valence-corrected chi connectivity index (χ0v) is 15.5. The molecule has 1 aliphatic heterocycles. The Morgan fingerprint density at radius 1 is 1.19 bits per heavy atom. The van der Waals surface area contributed by atoms with Crippen molar-refractivity contribution in [3.05, 3.63) is 36.0 Å². The van der Waals surface area contributed by atoms with Gasteiger partial charge in [-0.1, -0.05) is 0 Å². The molecule has 0 spiro atoms. The van der Waals surface area contributed by atoms with Crippen LogP contribution in [0.1, 0.15) is 18.4 Å². The number of nitrogens with zero attached hydrogens (tertiary/aromatic N) is 5. The number of rotatable bonds is 5. The summed E-state index contributed by atoms with van der Waals surface area (Å²) < 4.78 is 27.8. The van der Waals surface area contributed by atoms with Crippen molar-refractivity contribution in [2.45, 2.75) is 17.7 Å². The van der Waals surface area contributed by atoms with Crippen LogP contribution >= 0.6 is 0 Å². The third kappa shape index (κ3) is 3.70. The van der Waals surface area contributed by atoms with E-state index >= 15 is 0 Å². The highest BCUT2D eigenvalue weighted by Gasteiger charge is 2.21. The zero-order valence-electron chi connectivity index (χ0n) is 14.7. The number of aromatic nitrogens is 2. The zero-order chi connectivity index (χ0) is 18.7. The summed E-state index contributed by atoms with van der Waals surface area (Å²) in [6.45, 7) is 1.81. The highest BCUT2D eigenvalue weighted by molar-refractivity contribution is 7.92. The van der Waals surface area contributed by atoms with Gasteiger partial charge in [0.25, 0.3) is 10.0 Å². The van der Waals surface area contributed by atoms with Gasteiger partial charge in [-0.2, -0.15) is 10.2 Å². The lowest BCUT2D eigenvalue weighted by Gasteiger charge is -2.21. The van der Waals surface area contributed by atoms with Crippen LogP contribution in [0.5, 0.6) is 0 Å². The van der Waals surface area contributed by atoms with E-state index in [2.05, 4.69) is 19.6 Å². The van der Waals surface area contributed by atoms with Crippen molar-refractivity contribution in [2.75, 3.05) is 41.7 Å². The first-order valence-corrected chi connectivity index (χ1v) is 9.71. The van der Waals surface area contributed by atoms with E-state index in [1.54, 1.807) is 19.0 Å². The third-order valence-electron chi connectivity index (χ3n) is 4.11. The van der Waals surface area contributed by atoms with Crippen LogP contribution in [0.2, 0.25) is 0 Å². The molecule has 1 aromatic heterocycles. The minimum Gasteiger partial charge on any atom is -0.361 e. The number of hydrogen-bond acceptors (Lipinski definition) is 7. The Morgan fingerprint density at radius 3 is 2.42 bits per heavy atom. The molecule has 9 heteroatoms. The fourth-order valence-corrected chi connectivity index (χ4v) is 3.80. The van der Waals surface area contributed by atoms with Crippen LogP contribution in [-0.4, -0.2) is 45.6 Å². The number of nitriles is 1. The van der Waals surface area contributed by atoms with E-state index in [9.17, 15) is 8.42 Å². The molecule has 1 aliphatic rings. The van der Waals surface area contributed by atoms with Crippen molar-refractivity contribution in [2.24, 2.45) is 0 Å². The summed E-state index contributed by atoms with van der Waals surface area (Å²) in [5.74, 6) is 1.10. The fourth-order valence-electron chi connectivity index (χ4n) is 2.76. The van der Waals surface area contributed by atoms with Gasteiger partial charge in [0.15, 0.2) is 5.82 Å². The van der Waals surface area contributed by atoms with Crippen LogP contribution in [0.25, 0.3) is 0 Å². The molecule has 0 saturated carbocycles. The highest BCUT2D eigenvalue weighted by Crippen LogP contribution is 2.27. The van der Waals surface area contributed by atoms with E-state index < -0.39 is 10.0 Å². The summed E-state index contributed by atoms with van der Waals surface area (Å²) in [5.41, 5.74) is 0.707. The summed E-state index contributed by atoms with van der Waals surface area (Å²) in [7, 11) is -0.203. The first-order chi connectivity index (χ1) is 12.4. The van der Waals surface area contributed by atoms with Gasteiger partial charge >= 0.3 is 0 Å². The second-order valence-corrected chi connectivity index (χ2v) is 7.92. The lowest BCUT2D eigenvalue weighted by molar-refractivity contribution is 0.601. The quantitative estimate of drug-likeness (QED) is 0.854. The molecular weight excluding hydrogens is 352 g/mol. The number of benzene rings is 1. The molecule has 0 aliphatic carbocycles. The van der Waals surface area contributed by atoms with E-state index in [-0.39, 0.29) is 4.90 Å². The van der Waals surface area contributed by atoms with Gasteiger partial charge in [0, 0.05) is 27.2 Å². The average molecular weight is 372 g/mol. The minimum atomic E-state index is -3.81. The molecule has 0 radical (unpaired) electrons. The number of nitrogens with one attached hydrogen (secondary N) is 1. The van der Waals surface area contributed by atoms with Crippen molar-refractivity contribution >= 4 is 27.5 Å². The maximum atomic E-state index is 12.6. The van der Waals surface area contributed by atoms with Crippen LogP contribution in [-0.2, 0) is 10.0 Å². The standard InChI is InChI=1S/C17H20N6O2S/c1-22(2)16-15(12-19-17(20-16)23-9-3-4-10-23)21-26(24,25)14-7-5-13(11-18)6-8-14/h5-8,12,21H,3-4,9-10H2,1-2H3. The van der Waals surface area contributed by atoms with Gasteiger partial charge in [-0.25, -0.2) is 13.4 Å². The van der Waals surface area contributed by atoms with Crippen molar-refractivity contribution in [1.82, 2.24) is 9.97 Å². The Hall–Kier alpha value is -2.86. The maximum absolute atomic E-state index is 12.6. The monoisotopic (exact) mass is 372 g/mol. The molecule has 1 N–H and O–H groups in total. The van der Waals surface area contributed by atoms with Gasteiger partial charge in [0.1, 0.15) is 5.69 Å². The Balaban J connectivity index is 1.91. The van der Waals surface area contributed by atoms with E-state index in [0.717, 1.165) is 25.9 Å². The number of anilines is 3. The normalized spacial score (nSPS) is 14.1. The summed E-state index contributed by atoms with van der Waals surface area (Å²) in [6.07, 6.45) is 3.71. The predicted octanol–water partition coefficient (Wildman–Crippen LogP) is 1.82. The Kier molecular flexibility index (Phi) is 4.95. The molecule has 0 unspecified atom stereocenters. The smallest absolute Gasteiger partial charge is 0.262 e. The second-order valence-electron chi connectivity index (χ2n) is 6.24. The molecular formula is C17H20N6O2S. The van der Waals surface area contributed by atoms with Gasteiger partial charge in [-0.3, -0.25) is 4.72 Å². The first kappa shape index (κ1) is 17.9. The van der Waals surface area contributed by atoms with Gasteiger partial charge in [-0.15, -0.1) is 0 Å². The Bertz CT molecular complexity index is 929. The van der Waals surface area contributed by atoms with Gasteiger partial charge in [0.05, 0.1) is 22.7 Å². The van der Waals surface area contributed by atoms with Crippen molar-refractivity contribution in [3.63, 3.8) is 0 Å². The Labute approximate surface area is 153 Å². The summed E-state index contributed by atoms with van der Waals surface area (Å²) in [4.78, 5) is 12.8. The minimum absolute atomic E-state index is 0.0739. The first-order valence-electron chi connectivity index (χ1n) is 8.23. The molecule has 3 rings (SSSR count). The van der Waals surface area contributed by atoms with Crippen molar-refractivity contribution < 1.29 is 8.42 Å². The highest BCUT2D eigenvalue weighted by atomic mass is 32.2. The molecule has 136 valence electrons. The molecule has 1 saturated heterocycles. The van der Waals surface area contributed by atoms with E-state index in [1.165, 1.54) is 30.5 Å². The predicted molar refractivity (Wildman–Crippen MR) is 99.8 cm³/mol. The molecule has 0 atom stereocenters. The van der Waals surface area contributed by atoms with Gasteiger partial charge in [0.2, 0.25) is 5.95 Å².